The van der Waals surface area contributed by atoms with E-state index >= 15 is 0 Å². The fourth-order valence-corrected chi connectivity index (χ4v) is 2.13. The molecule has 2 aromatic heterocycles. The largest absolute Gasteiger partial charge is 0.431 e. The van der Waals surface area contributed by atoms with Crippen molar-refractivity contribution in [3.05, 3.63) is 56.9 Å². The van der Waals surface area contributed by atoms with Gasteiger partial charge >= 0.3 is 11.9 Å². The molecule has 2 heterocycles. The summed E-state index contributed by atoms with van der Waals surface area (Å²) in [5.74, 6) is -0.144. The van der Waals surface area contributed by atoms with Crippen molar-refractivity contribution >= 4 is 11.0 Å². The van der Waals surface area contributed by atoms with Gasteiger partial charge < -0.3 is 4.52 Å². The minimum Gasteiger partial charge on any atom is -0.354 e. The summed E-state index contributed by atoms with van der Waals surface area (Å²) in [5, 5.41) is 3.96. The van der Waals surface area contributed by atoms with E-state index in [4.69, 9.17) is 4.52 Å². The fourth-order valence-electron chi connectivity index (χ4n) is 2.13. The van der Waals surface area contributed by atoms with E-state index in [-0.39, 0.29) is 5.82 Å². The summed E-state index contributed by atoms with van der Waals surface area (Å²) in [6, 6.07) is 6.74. The number of hydrogen-bond donors (Lipinski definition) is 0. The van der Waals surface area contributed by atoms with E-state index in [9.17, 15) is 22.8 Å². The molecule has 9 heteroatoms. The molecule has 0 aliphatic rings. The summed E-state index contributed by atoms with van der Waals surface area (Å²) in [6.45, 7) is 0. The number of benzene rings is 1. The number of para-hydroxylation sites is 1. The molecule has 0 fully saturated rings. The van der Waals surface area contributed by atoms with Crippen LogP contribution >= 0.6 is 0 Å². The van der Waals surface area contributed by atoms with Gasteiger partial charge in [0.1, 0.15) is 5.69 Å². The van der Waals surface area contributed by atoms with Gasteiger partial charge in [-0.25, -0.2) is 9.36 Å². The van der Waals surface area contributed by atoms with Crippen LogP contribution in [0.15, 0.2) is 44.4 Å². The fraction of sp³-hybridized carbons (Fsp3) is 0.154. The third-order valence-electron chi connectivity index (χ3n) is 3.18. The van der Waals surface area contributed by atoms with Crippen molar-refractivity contribution < 1.29 is 17.7 Å². The van der Waals surface area contributed by atoms with Gasteiger partial charge in [0.05, 0.1) is 5.39 Å². The lowest BCUT2D eigenvalue weighted by atomic mass is 10.2. The molecule has 0 atom stereocenters. The van der Waals surface area contributed by atoms with E-state index in [1.165, 1.54) is 0 Å². The summed E-state index contributed by atoms with van der Waals surface area (Å²) in [7, 11) is 0.934. The van der Waals surface area contributed by atoms with Crippen LogP contribution in [0.1, 0.15) is 5.69 Å². The highest BCUT2D eigenvalue weighted by Crippen LogP contribution is 2.27. The van der Waals surface area contributed by atoms with Crippen LogP contribution in [0.25, 0.3) is 16.8 Å². The number of hydrogen-bond acceptors (Lipinski definition) is 4. The van der Waals surface area contributed by atoms with E-state index in [1.54, 1.807) is 24.3 Å². The summed E-state index contributed by atoms with van der Waals surface area (Å²) >= 11 is 0. The molecule has 0 amide bonds. The second-order valence-electron chi connectivity index (χ2n) is 4.54. The quantitative estimate of drug-likeness (QED) is 0.686. The summed E-state index contributed by atoms with van der Waals surface area (Å²) in [4.78, 5) is 24.1. The van der Waals surface area contributed by atoms with Crippen molar-refractivity contribution in [1.82, 2.24) is 14.3 Å². The van der Waals surface area contributed by atoms with E-state index in [0.717, 1.165) is 7.05 Å². The van der Waals surface area contributed by atoms with Gasteiger partial charge in [-0.15, -0.1) is 0 Å². The van der Waals surface area contributed by atoms with E-state index in [1.807, 2.05) is 0 Å². The molecule has 6 nitrogen and oxygen atoms in total. The summed E-state index contributed by atoms with van der Waals surface area (Å²) in [5.41, 5.74) is -3.30. The molecule has 1 aromatic carbocycles. The first-order valence-corrected chi connectivity index (χ1v) is 6.06. The highest BCUT2D eigenvalue weighted by atomic mass is 19.4. The van der Waals surface area contributed by atoms with Gasteiger partial charge in [0.15, 0.2) is 11.4 Å². The van der Waals surface area contributed by atoms with Gasteiger partial charge in [0.25, 0.3) is 5.56 Å². The van der Waals surface area contributed by atoms with Crippen molar-refractivity contribution in [2.45, 2.75) is 6.18 Å². The predicted molar refractivity (Wildman–Crippen MR) is 69.8 cm³/mol. The van der Waals surface area contributed by atoms with Crippen molar-refractivity contribution in [3.8, 4) is 5.82 Å². The Morgan fingerprint density at radius 1 is 1.18 bits per heavy atom. The summed E-state index contributed by atoms with van der Waals surface area (Å²) < 4.78 is 44.2. The molecule has 0 N–H and O–H groups in total. The number of aromatic nitrogens is 3. The molecule has 0 radical (unpaired) electrons. The van der Waals surface area contributed by atoms with Crippen LogP contribution in [-0.2, 0) is 13.2 Å². The normalized spacial score (nSPS) is 12.0. The van der Waals surface area contributed by atoms with E-state index in [0.29, 0.717) is 26.2 Å². The lowest BCUT2D eigenvalue weighted by molar-refractivity contribution is -0.144. The highest BCUT2D eigenvalue weighted by molar-refractivity contribution is 5.83. The van der Waals surface area contributed by atoms with Crippen LogP contribution in [0.2, 0.25) is 0 Å². The third-order valence-corrected chi connectivity index (χ3v) is 3.18. The van der Waals surface area contributed by atoms with Crippen molar-refractivity contribution in [1.29, 1.82) is 0 Å². The van der Waals surface area contributed by atoms with Gasteiger partial charge in [-0.3, -0.25) is 9.36 Å². The molecular formula is C13H8F3N3O3. The Morgan fingerprint density at radius 2 is 1.86 bits per heavy atom. The van der Waals surface area contributed by atoms with Gasteiger partial charge in [0, 0.05) is 13.1 Å². The van der Waals surface area contributed by atoms with Gasteiger partial charge in [-0.1, -0.05) is 17.3 Å². The Labute approximate surface area is 120 Å². The zero-order chi connectivity index (χ0) is 16.1. The van der Waals surface area contributed by atoms with Crippen LogP contribution in [0.4, 0.5) is 13.2 Å². The average Bonchev–Trinajstić information content (AvgIpc) is 2.86. The molecule has 0 aliphatic carbocycles. The van der Waals surface area contributed by atoms with E-state index in [2.05, 4.69) is 5.16 Å². The number of fused-ring (bicyclic) bond motifs is 1. The minimum absolute atomic E-state index is 0.144. The Morgan fingerprint density at radius 3 is 2.55 bits per heavy atom. The zero-order valence-electron chi connectivity index (χ0n) is 11.1. The van der Waals surface area contributed by atoms with Crippen molar-refractivity contribution in [2.24, 2.45) is 7.05 Å². The minimum atomic E-state index is -4.81. The maximum absolute atomic E-state index is 12.8. The molecule has 0 spiro atoms. The van der Waals surface area contributed by atoms with E-state index < -0.39 is 23.1 Å². The lowest BCUT2D eigenvalue weighted by Crippen LogP contribution is -2.40. The Bertz CT molecular complexity index is 982. The maximum atomic E-state index is 12.8. The van der Waals surface area contributed by atoms with Crippen LogP contribution in [0, 0.1) is 0 Å². The van der Waals surface area contributed by atoms with Gasteiger partial charge in [-0.2, -0.15) is 13.2 Å². The summed E-state index contributed by atoms with van der Waals surface area (Å²) in [6.07, 6.45) is -4.81. The molecule has 0 unspecified atom stereocenters. The monoisotopic (exact) mass is 311 g/mol. The number of alkyl halides is 3. The SMILES string of the molecule is Cn1c(C(F)(F)F)cc(=O)n(-c2noc3ccccc23)c1=O. The maximum Gasteiger partial charge on any atom is 0.431 e. The molecule has 0 bridgehead atoms. The van der Waals surface area contributed by atoms with Gasteiger partial charge in [-0.05, 0) is 12.1 Å². The van der Waals surface area contributed by atoms with Crippen LogP contribution < -0.4 is 11.2 Å². The predicted octanol–water partition coefficient (Wildman–Crippen LogP) is 1.70. The number of nitrogens with zero attached hydrogens (tertiary/aromatic N) is 3. The second-order valence-corrected chi connectivity index (χ2v) is 4.54. The third kappa shape index (κ3) is 2.01. The molecule has 3 rings (SSSR count). The van der Waals surface area contributed by atoms with Crippen LogP contribution in [0.3, 0.4) is 0 Å². The standard InChI is InChI=1S/C13H8F3N3O3/c1-18-9(13(14,15)16)6-10(20)19(12(18)21)11-7-4-2-3-5-8(7)22-17-11/h2-6H,1H3. The Balaban J connectivity index is 2.36. The molecule has 0 saturated heterocycles. The molecule has 0 aliphatic heterocycles. The van der Waals surface area contributed by atoms with Crippen molar-refractivity contribution in [3.63, 3.8) is 0 Å². The van der Waals surface area contributed by atoms with Crippen molar-refractivity contribution in [2.75, 3.05) is 0 Å². The molecular weight excluding hydrogens is 303 g/mol. The van der Waals surface area contributed by atoms with Crippen LogP contribution in [-0.4, -0.2) is 14.3 Å². The molecule has 114 valence electrons. The van der Waals surface area contributed by atoms with Crippen LogP contribution in [0.5, 0.6) is 0 Å². The average molecular weight is 311 g/mol. The highest BCUT2D eigenvalue weighted by Gasteiger charge is 2.35. The molecule has 0 saturated carbocycles. The van der Waals surface area contributed by atoms with Gasteiger partial charge in [0.2, 0.25) is 0 Å². The molecule has 22 heavy (non-hydrogen) atoms. The first-order chi connectivity index (χ1) is 10.3. The lowest BCUT2D eigenvalue weighted by Gasteiger charge is -2.12. The second kappa shape index (κ2) is 4.58. The molecule has 3 aromatic rings. The zero-order valence-corrected chi connectivity index (χ0v) is 11.1. The number of rotatable bonds is 1. The smallest absolute Gasteiger partial charge is 0.354 e. The first-order valence-electron chi connectivity index (χ1n) is 6.06. The Kier molecular flexibility index (Phi) is 2.94. The Hall–Kier alpha value is -2.84. The first kappa shape index (κ1) is 14.1. The number of halogens is 3. The topological polar surface area (TPSA) is 70.0 Å².